The molecule has 0 spiro atoms. The first-order valence-electron chi connectivity index (χ1n) is 5.72. The molecule has 0 saturated heterocycles. The number of rotatable bonds is 4. The van der Waals surface area contributed by atoms with Crippen molar-refractivity contribution in [2.75, 3.05) is 0 Å². The summed E-state index contributed by atoms with van der Waals surface area (Å²) < 4.78 is 2.87. The summed E-state index contributed by atoms with van der Waals surface area (Å²) >= 11 is 3.42. The van der Waals surface area contributed by atoms with Gasteiger partial charge in [-0.25, -0.2) is 4.68 Å². The number of halogens is 1. The van der Waals surface area contributed by atoms with Crippen molar-refractivity contribution >= 4 is 15.9 Å². The summed E-state index contributed by atoms with van der Waals surface area (Å²) in [6.45, 7) is 0.807. The molecule has 0 radical (unpaired) electrons. The van der Waals surface area contributed by atoms with Gasteiger partial charge in [0.2, 0.25) is 0 Å². The number of hydrogen-bond acceptors (Lipinski definition) is 3. The molecule has 4 nitrogen and oxygen atoms in total. The second kappa shape index (κ2) is 4.58. The number of aromatic nitrogens is 3. The number of nitrogens with zero attached hydrogens (tertiary/aromatic N) is 3. The molecule has 17 heavy (non-hydrogen) atoms. The van der Waals surface area contributed by atoms with E-state index in [1.54, 1.807) is 4.68 Å². The molecule has 1 aromatic carbocycles. The molecule has 0 aliphatic heterocycles. The fourth-order valence-electron chi connectivity index (χ4n) is 1.64. The Labute approximate surface area is 108 Å². The molecule has 2 aromatic rings. The Morgan fingerprint density at radius 2 is 2.06 bits per heavy atom. The molecule has 1 fully saturated rings. The van der Waals surface area contributed by atoms with Crippen molar-refractivity contribution in [3.05, 3.63) is 40.6 Å². The topological polar surface area (TPSA) is 42.7 Å². The van der Waals surface area contributed by atoms with Gasteiger partial charge in [-0.05, 0) is 37.1 Å². The van der Waals surface area contributed by atoms with Crippen LogP contribution in [-0.2, 0) is 6.54 Å². The van der Waals surface area contributed by atoms with Crippen molar-refractivity contribution < 1.29 is 0 Å². The van der Waals surface area contributed by atoms with E-state index in [4.69, 9.17) is 0 Å². The highest BCUT2D eigenvalue weighted by Gasteiger charge is 2.20. The van der Waals surface area contributed by atoms with Gasteiger partial charge in [-0.1, -0.05) is 21.1 Å². The SMILES string of the molecule is Brc1ccc(-n2cc(CNC3CC3)nn2)cc1. The van der Waals surface area contributed by atoms with Gasteiger partial charge in [-0.15, -0.1) is 5.10 Å². The molecule has 0 unspecified atom stereocenters. The van der Waals surface area contributed by atoms with E-state index in [9.17, 15) is 0 Å². The maximum Gasteiger partial charge on any atom is 0.0969 e. The molecule has 1 N–H and O–H groups in total. The average molecular weight is 293 g/mol. The van der Waals surface area contributed by atoms with Crippen LogP contribution in [0.3, 0.4) is 0 Å². The van der Waals surface area contributed by atoms with Gasteiger partial charge < -0.3 is 5.32 Å². The van der Waals surface area contributed by atoms with E-state index in [2.05, 4.69) is 31.6 Å². The quantitative estimate of drug-likeness (QED) is 0.940. The molecule has 0 atom stereocenters. The van der Waals surface area contributed by atoms with Crippen LogP contribution < -0.4 is 5.32 Å². The minimum absolute atomic E-state index is 0.702. The molecule has 0 bridgehead atoms. The van der Waals surface area contributed by atoms with Gasteiger partial charge in [0, 0.05) is 17.1 Å². The second-order valence-electron chi connectivity index (χ2n) is 4.29. The first-order valence-corrected chi connectivity index (χ1v) is 6.51. The Morgan fingerprint density at radius 1 is 1.29 bits per heavy atom. The zero-order chi connectivity index (χ0) is 11.7. The lowest BCUT2D eigenvalue weighted by molar-refractivity contribution is 0.671. The first-order chi connectivity index (χ1) is 8.31. The minimum Gasteiger partial charge on any atom is -0.308 e. The highest BCUT2D eigenvalue weighted by molar-refractivity contribution is 9.10. The molecule has 1 aliphatic rings. The highest BCUT2D eigenvalue weighted by Crippen LogP contribution is 2.19. The lowest BCUT2D eigenvalue weighted by Gasteiger charge is -1.99. The largest absolute Gasteiger partial charge is 0.308 e. The Balaban J connectivity index is 1.72. The summed E-state index contributed by atoms with van der Waals surface area (Å²) in [5.41, 5.74) is 2.01. The summed E-state index contributed by atoms with van der Waals surface area (Å²) in [7, 11) is 0. The van der Waals surface area contributed by atoms with E-state index < -0.39 is 0 Å². The third kappa shape index (κ3) is 2.73. The monoisotopic (exact) mass is 292 g/mol. The molecular weight excluding hydrogens is 280 g/mol. The number of nitrogens with one attached hydrogen (secondary N) is 1. The third-order valence-electron chi connectivity index (χ3n) is 2.78. The van der Waals surface area contributed by atoms with Crippen molar-refractivity contribution in [3.63, 3.8) is 0 Å². The third-order valence-corrected chi connectivity index (χ3v) is 3.31. The Kier molecular flexibility index (Phi) is 2.94. The van der Waals surface area contributed by atoms with Crippen LogP contribution in [0.1, 0.15) is 18.5 Å². The van der Waals surface area contributed by atoms with Gasteiger partial charge in [-0.3, -0.25) is 0 Å². The smallest absolute Gasteiger partial charge is 0.0969 e. The van der Waals surface area contributed by atoms with Crippen molar-refractivity contribution in [2.24, 2.45) is 0 Å². The van der Waals surface area contributed by atoms with Gasteiger partial charge in [-0.2, -0.15) is 0 Å². The number of hydrogen-bond donors (Lipinski definition) is 1. The summed E-state index contributed by atoms with van der Waals surface area (Å²) in [4.78, 5) is 0. The normalized spacial score (nSPS) is 15.1. The second-order valence-corrected chi connectivity index (χ2v) is 5.20. The summed E-state index contributed by atoms with van der Waals surface area (Å²) in [6, 6.07) is 8.72. The van der Waals surface area contributed by atoms with Crippen molar-refractivity contribution in [2.45, 2.75) is 25.4 Å². The van der Waals surface area contributed by atoms with Crippen molar-refractivity contribution in [3.8, 4) is 5.69 Å². The van der Waals surface area contributed by atoms with Crippen LogP contribution in [0.4, 0.5) is 0 Å². The van der Waals surface area contributed by atoms with Crippen LogP contribution in [0.15, 0.2) is 34.9 Å². The molecule has 3 rings (SSSR count). The van der Waals surface area contributed by atoms with Gasteiger partial charge in [0.15, 0.2) is 0 Å². The van der Waals surface area contributed by atoms with E-state index in [0.717, 1.165) is 22.4 Å². The fraction of sp³-hybridized carbons (Fsp3) is 0.333. The first kappa shape index (κ1) is 10.9. The van der Waals surface area contributed by atoms with E-state index >= 15 is 0 Å². The standard InChI is InChI=1S/C12H13BrN4/c13-9-1-5-12(6-2-9)17-8-11(15-16-17)7-14-10-3-4-10/h1-2,5-6,8,10,14H,3-4,7H2. The van der Waals surface area contributed by atoms with Crippen LogP contribution in [0.5, 0.6) is 0 Å². The zero-order valence-electron chi connectivity index (χ0n) is 9.31. The van der Waals surface area contributed by atoms with Crippen molar-refractivity contribution in [1.82, 2.24) is 20.3 Å². The molecule has 1 saturated carbocycles. The lowest BCUT2D eigenvalue weighted by atomic mass is 10.3. The van der Waals surface area contributed by atoms with Crippen LogP contribution >= 0.6 is 15.9 Å². The van der Waals surface area contributed by atoms with Crippen LogP contribution in [-0.4, -0.2) is 21.0 Å². The van der Waals surface area contributed by atoms with Crippen LogP contribution in [0.25, 0.3) is 5.69 Å². The van der Waals surface area contributed by atoms with E-state index in [1.165, 1.54) is 12.8 Å². The predicted molar refractivity (Wildman–Crippen MR) is 68.9 cm³/mol. The molecule has 1 aromatic heterocycles. The Morgan fingerprint density at radius 3 is 2.76 bits per heavy atom. The van der Waals surface area contributed by atoms with Crippen molar-refractivity contribution in [1.29, 1.82) is 0 Å². The predicted octanol–water partition coefficient (Wildman–Crippen LogP) is 2.28. The van der Waals surface area contributed by atoms with E-state index in [1.807, 2.05) is 30.5 Å². The Bertz CT molecular complexity index is 501. The zero-order valence-corrected chi connectivity index (χ0v) is 10.9. The van der Waals surface area contributed by atoms with Crippen LogP contribution in [0, 0.1) is 0 Å². The molecule has 1 heterocycles. The summed E-state index contributed by atoms with van der Waals surface area (Å²) in [5, 5.41) is 11.7. The van der Waals surface area contributed by atoms with Crippen LogP contribution in [0.2, 0.25) is 0 Å². The van der Waals surface area contributed by atoms with Gasteiger partial charge in [0.25, 0.3) is 0 Å². The fourth-order valence-corrected chi connectivity index (χ4v) is 1.90. The Hall–Kier alpha value is -1.20. The maximum atomic E-state index is 4.15. The van der Waals surface area contributed by atoms with E-state index in [0.29, 0.717) is 6.04 Å². The lowest BCUT2D eigenvalue weighted by Crippen LogP contribution is -2.15. The maximum absolute atomic E-state index is 4.15. The molecule has 88 valence electrons. The minimum atomic E-state index is 0.702. The molecule has 0 amide bonds. The molecular formula is C12H13BrN4. The molecule has 1 aliphatic carbocycles. The van der Waals surface area contributed by atoms with Gasteiger partial charge >= 0.3 is 0 Å². The van der Waals surface area contributed by atoms with Gasteiger partial charge in [0.1, 0.15) is 0 Å². The average Bonchev–Trinajstić information content (AvgIpc) is 3.06. The highest BCUT2D eigenvalue weighted by atomic mass is 79.9. The summed E-state index contributed by atoms with van der Waals surface area (Å²) in [6.07, 6.45) is 4.56. The van der Waals surface area contributed by atoms with E-state index in [-0.39, 0.29) is 0 Å². The molecule has 5 heteroatoms. The summed E-state index contributed by atoms with van der Waals surface area (Å²) in [5.74, 6) is 0. The number of benzene rings is 1. The van der Waals surface area contributed by atoms with Gasteiger partial charge in [0.05, 0.1) is 17.6 Å².